The Kier molecular flexibility index (Phi) is 15.1. The van der Waals surface area contributed by atoms with Gasteiger partial charge >= 0.3 is 0 Å². The highest BCUT2D eigenvalue weighted by atomic mass is 16.1. The fraction of sp³-hybridized carbons (Fsp3) is 0.320. The number of anilines is 3. The highest BCUT2D eigenvalue weighted by Gasteiger charge is 2.10. The minimum absolute atomic E-state index is 0.251. The minimum atomic E-state index is -0.251. The number of carbonyl (C=O) groups is 2. The van der Waals surface area contributed by atoms with Gasteiger partial charge in [-0.2, -0.15) is 0 Å². The van der Waals surface area contributed by atoms with Crippen LogP contribution in [0.25, 0.3) is 0 Å². The van der Waals surface area contributed by atoms with Crippen molar-refractivity contribution in [3.05, 3.63) is 72.2 Å². The minimum Gasteiger partial charge on any atom is -0.394 e. The van der Waals surface area contributed by atoms with E-state index in [9.17, 15) is 9.59 Å². The van der Waals surface area contributed by atoms with Crippen molar-refractivity contribution in [2.75, 3.05) is 30.9 Å². The standard InChI is InChI=1S/C21H25N5O2.C3H8.CH5N/c1-5-26(14-27)19-13-23-20(11-15(19)2)25-18-8-6-7-17(12-18)21(28)24-16(3)9-10-22-4;1-3-2;1-2/h6-14,22H,3,5H2,1-2,4H3,(H,23,25)(H,24,28);3H2,1-2H3;2H2,1H3/b10-9-;;. The molecule has 0 unspecified atom stereocenters. The van der Waals surface area contributed by atoms with E-state index in [1.54, 1.807) is 48.6 Å². The fourth-order valence-corrected chi connectivity index (χ4v) is 2.55. The molecule has 1 heterocycles. The summed E-state index contributed by atoms with van der Waals surface area (Å²) in [5.41, 5.74) is 7.90. The van der Waals surface area contributed by atoms with Crippen molar-refractivity contribution in [2.24, 2.45) is 5.73 Å². The van der Waals surface area contributed by atoms with Crippen LogP contribution < -0.4 is 26.6 Å². The first-order valence-corrected chi connectivity index (χ1v) is 10.9. The number of hydrogen-bond donors (Lipinski definition) is 4. The van der Waals surface area contributed by atoms with Crippen LogP contribution >= 0.6 is 0 Å². The largest absolute Gasteiger partial charge is 0.394 e. The number of carbonyl (C=O) groups excluding carboxylic acids is 2. The van der Waals surface area contributed by atoms with E-state index in [1.165, 1.54) is 13.5 Å². The van der Waals surface area contributed by atoms with Gasteiger partial charge in [-0.3, -0.25) is 9.59 Å². The van der Waals surface area contributed by atoms with Gasteiger partial charge in [0.05, 0.1) is 11.9 Å². The molecule has 0 radical (unpaired) electrons. The van der Waals surface area contributed by atoms with E-state index in [2.05, 4.69) is 47.1 Å². The maximum absolute atomic E-state index is 12.4. The van der Waals surface area contributed by atoms with Gasteiger partial charge in [-0.15, -0.1) is 0 Å². The van der Waals surface area contributed by atoms with Gasteiger partial charge in [0.2, 0.25) is 6.41 Å². The summed E-state index contributed by atoms with van der Waals surface area (Å²) in [6, 6.07) is 8.95. The summed E-state index contributed by atoms with van der Waals surface area (Å²) >= 11 is 0. The van der Waals surface area contributed by atoms with Crippen molar-refractivity contribution in [2.45, 2.75) is 34.1 Å². The fourth-order valence-electron chi connectivity index (χ4n) is 2.55. The average Bonchev–Trinajstić information content (AvgIpc) is 2.81. The lowest BCUT2D eigenvalue weighted by atomic mass is 10.1. The lowest BCUT2D eigenvalue weighted by Crippen LogP contribution is -2.21. The number of amides is 2. The number of benzene rings is 1. The van der Waals surface area contributed by atoms with Gasteiger partial charge < -0.3 is 26.6 Å². The molecule has 2 aromatic rings. The average molecular weight is 455 g/mol. The number of allylic oxidation sites excluding steroid dienone is 1. The molecule has 0 aliphatic carbocycles. The quantitative estimate of drug-likeness (QED) is 0.335. The number of pyridine rings is 1. The van der Waals surface area contributed by atoms with Crippen molar-refractivity contribution in [1.82, 2.24) is 15.6 Å². The molecule has 1 aromatic heterocycles. The van der Waals surface area contributed by atoms with E-state index in [4.69, 9.17) is 0 Å². The monoisotopic (exact) mass is 454 g/mol. The molecule has 2 rings (SSSR count). The summed E-state index contributed by atoms with van der Waals surface area (Å²) < 4.78 is 0. The summed E-state index contributed by atoms with van der Waals surface area (Å²) in [5.74, 6) is 0.376. The lowest BCUT2D eigenvalue weighted by Gasteiger charge is -2.18. The Labute approximate surface area is 198 Å². The predicted molar refractivity (Wildman–Crippen MR) is 139 cm³/mol. The van der Waals surface area contributed by atoms with Crippen LogP contribution in [0.15, 0.2) is 61.1 Å². The Morgan fingerprint density at radius 2 is 1.88 bits per heavy atom. The number of aryl methyl sites for hydroxylation is 1. The van der Waals surface area contributed by atoms with Gasteiger partial charge in [0.25, 0.3) is 5.91 Å². The number of rotatable bonds is 9. The summed E-state index contributed by atoms with van der Waals surface area (Å²) in [4.78, 5) is 29.4. The summed E-state index contributed by atoms with van der Waals surface area (Å²) in [6.07, 6.45) is 7.05. The summed E-state index contributed by atoms with van der Waals surface area (Å²) in [7, 11) is 3.27. The molecule has 0 aliphatic rings. The van der Waals surface area contributed by atoms with Crippen molar-refractivity contribution in [1.29, 1.82) is 0 Å². The molecule has 8 nitrogen and oxygen atoms in total. The van der Waals surface area contributed by atoms with Gasteiger partial charge in [-0.25, -0.2) is 4.98 Å². The van der Waals surface area contributed by atoms with E-state index < -0.39 is 0 Å². The summed E-state index contributed by atoms with van der Waals surface area (Å²) in [6.45, 7) is 12.4. The van der Waals surface area contributed by atoms with Crippen LogP contribution in [-0.2, 0) is 4.79 Å². The highest BCUT2D eigenvalue weighted by molar-refractivity contribution is 5.96. The topological polar surface area (TPSA) is 112 Å². The van der Waals surface area contributed by atoms with Crippen LogP contribution in [0.5, 0.6) is 0 Å². The molecule has 0 aliphatic heterocycles. The third kappa shape index (κ3) is 10.5. The zero-order valence-electron chi connectivity index (χ0n) is 20.6. The van der Waals surface area contributed by atoms with Gasteiger partial charge in [0.15, 0.2) is 0 Å². The smallest absolute Gasteiger partial charge is 0.255 e. The van der Waals surface area contributed by atoms with Gasteiger partial charge in [0.1, 0.15) is 5.82 Å². The molecule has 8 heteroatoms. The second-order valence-corrected chi connectivity index (χ2v) is 6.76. The number of hydrogen-bond acceptors (Lipinski definition) is 6. The third-order valence-electron chi connectivity index (χ3n) is 3.98. The molecule has 33 heavy (non-hydrogen) atoms. The molecular weight excluding hydrogens is 416 g/mol. The highest BCUT2D eigenvalue weighted by Crippen LogP contribution is 2.23. The first kappa shape index (κ1) is 29.4. The van der Waals surface area contributed by atoms with E-state index in [-0.39, 0.29) is 5.91 Å². The SMILES string of the molecule is C=C(/C=C\NC)NC(=O)c1cccc(Nc2cc(C)c(N(C=O)CC)cn2)c1.CCC.CN. The third-order valence-corrected chi connectivity index (χ3v) is 3.98. The normalized spacial score (nSPS) is 9.55. The van der Waals surface area contributed by atoms with Crippen molar-refractivity contribution >= 4 is 29.5 Å². The second kappa shape index (κ2) is 17.0. The first-order valence-electron chi connectivity index (χ1n) is 10.9. The Morgan fingerprint density at radius 3 is 2.42 bits per heavy atom. The molecule has 2 amide bonds. The van der Waals surface area contributed by atoms with E-state index in [0.29, 0.717) is 23.6 Å². The molecular formula is C25H38N6O2. The number of nitrogens with two attached hydrogens (primary N) is 1. The first-order chi connectivity index (χ1) is 15.9. The lowest BCUT2D eigenvalue weighted by molar-refractivity contribution is -0.107. The molecule has 5 N–H and O–H groups in total. The molecule has 0 saturated heterocycles. The maximum atomic E-state index is 12.4. The van der Waals surface area contributed by atoms with Crippen LogP contribution in [0.1, 0.15) is 43.1 Å². The van der Waals surface area contributed by atoms with Gasteiger partial charge in [-0.1, -0.05) is 32.9 Å². The van der Waals surface area contributed by atoms with Crippen molar-refractivity contribution in [3.8, 4) is 0 Å². The van der Waals surface area contributed by atoms with Crippen LogP contribution in [0.3, 0.4) is 0 Å². The van der Waals surface area contributed by atoms with Gasteiger partial charge in [-0.05, 0) is 63.0 Å². The number of nitrogens with one attached hydrogen (secondary N) is 3. The Balaban J connectivity index is 0.00000189. The molecule has 0 bridgehead atoms. The Bertz CT molecular complexity index is 912. The van der Waals surface area contributed by atoms with E-state index in [1.807, 2.05) is 26.0 Å². The van der Waals surface area contributed by atoms with Crippen LogP contribution in [0, 0.1) is 6.92 Å². The van der Waals surface area contributed by atoms with Crippen molar-refractivity contribution < 1.29 is 9.59 Å². The van der Waals surface area contributed by atoms with Crippen LogP contribution in [0.2, 0.25) is 0 Å². The molecule has 0 atom stereocenters. The Morgan fingerprint density at radius 1 is 1.21 bits per heavy atom. The van der Waals surface area contributed by atoms with E-state index >= 15 is 0 Å². The molecule has 0 fully saturated rings. The van der Waals surface area contributed by atoms with Gasteiger partial charge in [0, 0.05) is 30.5 Å². The molecule has 0 spiro atoms. The zero-order valence-corrected chi connectivity index (χ0v) is 20.6. The number of nitrogens with zero attached hydrogens (tertiary/aromatic N) is 2. The summed E-state index contributed by atoms with van der Waals surface area (Å²) in [5, 5.41) is 8.75. The van der Waals surface area contributed by atoms with E-state index in [0.717, 1.165) is 23.3 Å². The van der Waals surface area contributed by atoms with Crippen LogP contribution in [-0.4, -0.2) is 37.9 Å². The predicted octanol–water partition coefficient (Wildman–Crippen LogP) is 4.08. The molecule has 0 saturated carbocycles. The molecule has 180 valence electrons. The maximum Gasteiger partial charge on any atom is 0.255 e. The second-order valence-electron chi connectivity index (χ2n) is 6.76. The van der Waals surface area contributed by atoms with Crippen molar-refractivity contribution in [3.63, 3.8) is 0 Å². The zero-order chi connectivity index (χ0) is 25.2. The molecule has 1 aromatic carbocycles. The number of aromatic nitrogens is 1. The Hall–Kier alpha value is -3.65. The van der Waals surface area contributed by atoms with Crippen LogP contribution in [0.4, 0.5) is 17.2 Å².